The maximum Gasteiger partial charge on any atom is 0.338 e. The molecule has 18 atom stereocenters. The van der Waals surface area contributed by atoms with Crippen molar-refractivity contribution in [3.8, 4) is 0 Å². The summed E-state index contributed by atoms with van der Waals surface area (Å²) in [5.74, 6) is -6.94. The zero-order valence-electron chi connectivity index (χ0n) is 46.0. The molecule has 8 aliphatic rings. The summed E-state index contributed by atoms with van der Waals surface area (Å²) in [5.41, 5.74) is -11.4. The predicted molar refractivity (Wildman–Crippen MR) is 274 cm³/mol. The first-order chi connectivity index (χ1) is 36.2. The number of carbonyl (C=O) groups excluding carboxylic acids is 6. The van der Waals surface area contributed by atoms with Crippen molar-refractivity contribution in [2.45, 2.75) is 179 Å². The molecule has 10 rings (SSSR count). The molecule has 19 nitrogen and oxygen atoms in total. The molecule has 7 N–H and O–H groups in total. The van der Waals surface area contributed by atoms with Crippen molar-refractivity contribution >= 4 is 35.4 Å². The van der Waals surface area contributed by atoms with E-state index >= 15 is 0 Å². The normalized spacial score (nSPS) is 42.7. The van der Waals surface area contributed by atoms with E-state index in [-0.39, 0.29) is 54.7 Å². The molecule has 2 aromatic carbocycles. The molecule has 2 unspecified atom stereocenters. The monoisotopic (exact) mass is 1090 g/mol. The van der Waals surface area contributed by atoms with Gasteiger partial charge in [0.1, 0.15) is 47.8 Å². The lowest BCUT2D eigenvalue weighted by Gasteiger charge is -2.67. The molecule has 0 aromatic heterocycles. The molecule has 0 amide bonds. The van der Waals surface area contributed by atoms with Crippen LogP contribution in [0.25, 0.3) is 0 Å². The highest BCUT2D eigenvalue weighted by molar-refractivity contribution is 5.95. The molecule has 2 saturated heterocycles. The Balaban J connectivity index is 0.000000190. The van der Waals surface area contributed by atoms with Gasteiger partial charge in [0.2, 0.25) is 0 Å². The molecular weight excluding hydrogens is 1010 g/mol. The zero-order valence-corrected chi connectivity index (χ0v) is 46.0. The number of ketones is 2. The number of aliphatic hydroxyl groups excluding tert-OH is 5. The molecule has 2 heterocycles. The second kappa shape index (κ2) is 19.2. The van der Waals surface area contributed by atoms with Crippen LogP contribution in [0.1, 0.15) is 123 Å². The van der Waals surface area contributed by atoms with Gasteiger partial charge in [-0.3, -0.25) is 19.2 Å². The first-order valence-corrected chi connectivity index (χ1v) is 26.8. The molecule has 4 bridgehead atoms. The fourth-order valence-electron chi connectivity index (χ4n) is 15.6. The fraction of sp³-hybridized carbons (Fsp3) is 0.627. The number of hydrogen-bond donors (Lipinski definition) is 7. The number of fused-ring (bicyclic) bond motifs is 10. The van der Waals surface area contributed by atoms with Gasteiger partial charge in [0.25, 0.3) is 0 Å². The van der Waals surface area contributed by atoms with E-state index < -0.39 is 152 Å². The molecule has 0 spiro atoms. The molecule has 2 aromatic rings. The SMILES string of the molecule is CC(=O)O[C@@]12CO[C@@H]1C[C@H](C)[C@@]1(C)C(=O)[C@H](O)C3=C(C)[C@@H](O)C[C@@](O)([C@@H](OC(=O)c4ccccc4)C12)C3(C)C.CC(=O)O[C@@]12CO[C@@H]1C[C@H](O)[C@@]1(C)C(=O)[C@H](O)C3=C(C)[C@@H](O)C[C@@](O)([C@@H](OC(=O)c4ccccc4)C12)C3(C)C. The largest absolute Gasteiger partial charge is 0.455 e. The van der Waals surface area contributed by atoms with Gasteiger partial charge in [0, 0.05) is 49.4 Å². The van der Waals surface area contributed by atoms with Gasteiger partial charge in [-0.05, 0) is 79.7 Å². The topological polar surface area (TPSA) is 299 Å². The Morgan fingerprint density at radius 1 is 0.564 bits per heavy atom. The van der Waals surface area contributed by atoms with Gasteiger partial charge in [-0.2, -0.15) is 0 Å². The summed E-state index contributed by atoms with van der Waals surface area (Å²) in [6.07, 6.45) is -12.0. The van der Waals surface area contributed by atoms with Crippen LogP contribution in [0.4, 0.5) is 0 Å². The number of hydrogen-bond acceptors (Lipinski definition) is 19. The fourth-order valence-corrected chi connectivity index (χ4v) is 15.6. The first-order valence-electron chi connectivity index (χ1n) is 26.8. The number of ether oxygens (including phenoxy) is 6. The summed E-state index contributed by atoms with van der Waals surface area (Å²) >= 11 is 0. The van der Waals surface area contributed by atoms with Crippen LogP contribution in [0.2, 0.25) is 0 Å². The van der Waals surface area contributed by atoms with Crippen molar-refractivity contribution in [3.05, 3.63) is 94.1 Å². The van der Waals surface area contributed by atoms with Crippen molar-refractivity contribution < 1.29 is 92.9 Å². The van der Waals surface area contributed by atoms with Gasteiger partial charge < -0.3 is 64.2 Å². The molecule has 19 heteroatoms. The van der Waals surface area contributed by atoms with Gasteiger partial charge in [-0.25, -0.2) is 9.59 Å². The number of aliphatic hydroxyl groups is 7. The molecule has 4 saturated carbocycles. The summed E-state index contributed by atoms with van der Waals surface area (Å²) in [6.45, 7) is 17.0. The molecule has 6 fully saturated rings. The van der Waals surface area contributed by atoms with Crippen molar-refractivity contribution in [1.82, 2.24) is 0 Å². The van der Waals surface area contributed by atoms with Gasteiger partial charge >= 0.3 is 23.9 Å². The van der Waals surface area contributed by atoms with E-state index in [9.17, 15) is 64.5 Å². The van der Waals surface area contributed by atoms with E-state index in [1.165, 1.54) is 32.9 Å². The van der Waals surface area contributed by atoms with E-state index in [0.29, 0.717) is 17.6 Å². The second-order valence-corrected chi connectivity index (χ2v) is 24.8. The Morgan fingerprint density at radius 2 is 0.923 bits per heavy atom. The van der Waals surface area contributed by atoms with Crippen molar-refractivity contribution in [2.24, 2.45) is 39.4 Å². The van der Waals surface area contributed by atoms with E-state index in [1.54, 1.807) is 97.0 Å². The highest BCUT2D eigenvalue weighted by Crippen LogP contribution is 2.67. The average Bonchev–Trinajstić information content (AvgIpc) is 3.37. The summed E-state index contributed by atoms with van der Waals surface area (Å²) in [4.78, 5) is 80.9. The molecular formula is C59H74O19. The van der Waals surface area contributed by atoms with E-state index in [0.717, 1.165) is 0 Å². The lowest BCUT2D eigenvalue weighted by Crippen LogP contribution is -2.81. The van der Waals surface area contributed by atoms with Crippen LogP contribution in [0, 0.1) is 39.4 Å². The third-order valence-electron chi connectivity index (χ3n) is 20.4. The highest BCUT2D eigenvalue weighted by atomic mass is 16.6. The van der Waals surface area contributed by atoms with Gasteiger partial charge in [0.05, 0.1) is 59.9 Å². The van der Waals surface area contributed by atoms with Gasteiger partial charge in [-0.15, -0.1) is 0 Å². The van der Waals surface area contributed by atoms with Crippen LogP contribution in [-0.2, 0) is 47.6 Å². The lowest BCUT2D eigenvalue weighted by molar-refractivity contribution is -0.345. The first kappa shape index (κ1) is 57.5. The Bertz CT molecular complexity index is 2670. The number of benzene rings is 2. The average molecular weight is 1090 g/mol. The van der Waals surface area contributed by atoms with E-state index in [2.05, 4.69) is 0 Å². The minimum Gasteiger partial charge on any atom is -0.455 e. The van der Waals surface area contributed by atoms with Crippen molar-refractivity contribution in [3.63, 3.8) is 0 Å². The van der Waals surface area contributed by atoms with E-state index in [1.807, 2.05) is 6.92 Å². The minimum absolute atomic E-state index is 0.0617. The van der Waals surface area contributed by atoms with Crippen LogP contribution < -0.4 is 0 Å². The van der Waals surface area contributed by atoms with Crippen LogP contribution in [0.3, 0.4) is 0 Å². The molecule has 6 aliphatic carbocycles. The second-order valence-electron chi connectivity index (χ2n) is 24.8. The molecule has 0 radical (unpaired) electrons. The minimum atomic E-state index is -2.07. The molecule has 424 valence electrons. The smallest absolute Gasteiger partial charge is 0.338 e. The maximum absolute atomic E-state index is 14.4. The van der Waals surface area contributed by atoms with Crippen LogP contribution >= 0.6 is 0 Å². The third kappa shape index (κ3) is 7.91. The van der Waals surface area contributed by atoms with Crippen molar-refractivity contribution in [2.75, 3.05) is 13.2 Å². The zero-order chi connectivity index (χ0) is 57.4. The molecule has 78 heavy (non-hydrogen) atoms. The Kier molecular flexibility index (Phi) is 14.2. The van der Waals surface area contributed by atoms with Crippen LogP contribution in [-0.4, -0.2) is 162 Å². The van der Waals surface area contributed by atoms with Crippen molar-refractivity contribution in [1.29, 1.82) is 0 Å². The summed E-state index contributed by atoms with van der Waals surface area (Å²) < 4.78 is 35.8. The summed E-state index contributed by atoms with van der Waals surface area (Å²) in [7, 11) is 0. The highest BCUT2D eigenvalue weighted by Gasteiger charge is 2.79. The number of Topliss-reactive ketones (excluding diaryl/α,β-unsaturated/α-hetero) is 2. The van der Waals surface area contributed by atoms with Crippen LogP contribution in [0.15, 0.2) is 83.0 Å². The Morgan fingerprint density at radius 3 is 1.28 bits per heavy atom. The number of esters is 4. The van der Waals surface area contributed by atoms with Crippen LogP contribution in [0.5, 0.6) is 0 Å². The van der Waals surface area contributed by atoms with Gasteiger partial charge in [-0.1, -0.05) is 77.9 Å². The molecule has 2 aliphatic heterocycles. The maximum atomic E-state index is 14.4. The Labute approximate surface area is 452 Å². The number of rotatable bonds is 6. The number of carbonyl (C=O) groups is 6. The lowest BCUT2D eigenvalue weighted by atomic mass is 9.43. The predicted octanol–water partition coefficient (Wildman–Crippen LogP) is 3.44. The standard InChI is InChI=1S/C30H38O9.C29H36O10/c1-15-12-20-29(14-37-20,39-17(3)31)23-25(38-26(35)18-10-8-7-9-11-18)30(36)13-19(32)16(2)21(27(30,4)5)22(33)24(34)28(15,23)6;1-14-17(31)12-29(36)24(38-25(35)16-9-7-6-8-10-16)22-27(5,23(34)21(33)20(14)26(29,3)4)18(32)11-19-28(22,13-37-19)39-15(2)30/h7-11,15,19-20,22-23,25,32-33,36H,12-14H2,1-6H3;6-10,17-19,21-22,24,31-33,36H,11-13H2,1-5H3/t15-,19-,20+,22+,23?,25-,28+,29-,30+;17-,18-,19+,21+,22?,24-,27+,28-,29+/m00/s1. The summed E-state index contributed by atoms with van der Waals surface area (Å²) in [6, 6.07) is 16.4. The third-order valence-corrected chi connectivity index (χ3v) is 20.4. The van der Waals surface area contributed by atoms with Gasteiger partial charge in [0.15, 0.2) is 22.8 Å². The van der Waals surface area contributed by atoms with E-state index in [4.69, 9.17) is 28.4 Å². The Hall–Kier alpha value is -5.22. The summed E-state index contributed by atoms with van der Waals surface area (Å²) in [5, 5.41) is 82.3. The quantitative estimate of drug-likeness (QED) is 0.124.